The Labute approximate surface area is 235 Å². The largest absolute Gasteiger partial charge is 0.378 e. The van der Waals surface area contributed by atoms with Crippen molar-refractivity contribution in [2.45, 2.75) is 0 Å². The molecular formula is C26H56N2O11. The zero-order valence-electron chi connectivity index (χ0n) is 24.5. The van der Waals surface area contributed by atoms with E-state index in [1.54, 1.807) is 0 Å². The predicted molar refractivity (Wildman–Crippen MR) is 147 cm³/mol. The van der Waals surface area contributed by atoms with Gasteiger partial charge in [-0.2, -0.15) is 0 Å². The summed E-state index contributed by atoms with van der Waals surface area (Å²) in [5.41, 5.74) is 5.32. The van der Waals surface area contributed by atoms with Crippen LogP contribution in [-0.4, -0.2) is 177 Å². The lowest BCUT2D eigenvalue weighted by atomic mass is 10.6. The third kappa shape index (κ3) is 37.5. The van der Waals surface area contributed by atoms with Gasteiger partial charge in [-0.15, -0.1) is 0 Å². The summed E-state index contributed by atoms with van der Waals surface area (Å²) >= 11 is 0. The van der Waals surface area contributed by atoms with Gasteiger partial charge in [0.05, 0.1) is 145 Å². The van der Waals surface area contributed by atoms with Crippen molar-refractivity contribution in [3.63, 3.8) is 0 Å². The average Bonchev–Trinajstić information content (AvgIpc) is 2.93. The smallest absolute Gasteiger partial charge is 0.0701 e. The molecule has 0 heterocycles. The lowest BCUT2D eigenvalue weighted by molar-refractivity contribution is -0.0275. The van der Waals surface area contributed by atoms with Gasteiger partial charge >= 0.3 is 0 Å². The number of ether oxygens (including phenoxy) is 11. The van der Waals surface area contributed by atoms with E-state index in [0.29, 0.717) is 145 Å². The Hall–Kier alpha value is -0.520. The first-order valence-corrected chi connectivity index (χ1v) is 14.0. The Morgan fingerprint density at radius 2 is 0.487 bits per heavy atom. The summed E-state index contributed by atoms with van der Waals surface area (Å²) in [4.78, 5) is 2.08. The van der Waals surface area contributed by atoms with E-state index in [9.17, 15) is 0 Å². The molecule has 2 N–H and O–H groups in total. The highest BCUT2D eigenvalue weighted by atomic mass is 16.6. The van der Waals surface area contributed by atoms with Gasteiger partial charge in [0.15, 0.2) is 0 Å². The molecule has 0 saturated carbocycles. The fourth-order valence-electron chi connectivity index (χ4n) is 2.63. The molecule has 0 spiro atoms. The molecule has 0 unspecified atom stereocenters. The molecule has 39 heavy (non-hydrogen) atoms. The fraction of sp³-hybridized carbons (Fsp3) is 1.00. The second kappa shape index (κ2) is 35.5. The summed E-state index contributed by atoms with van der Waals surface area (Å²) in [7, 11) is 4.04. The molecular weight excluding hydrogens is 516 g/mol. The first-order valence-electron chi connectivity index (χ1n) is 14.0. The lowest BCUT2D eigenvalue weighted by Crippen LogP contribution is -2.19. The zero-order valence-corrected chi connectivity index (χ0v) is 24.5. The van der Waals surface area contributed by atoms with Crippen molar-refractivity contribution in [3.05, 3.63) is 0 Å². The molecule has 0 bridgehead atoms. The van der Waals surface area contributed by atoms with Crippen LogP contribution in [0.4, 0.5) is 0 Å². The Bertz CT molecular complexity index is 441. The maximum Gasteiger partial charge on any atom is 0.0701 e. The molecule has 0 amide bonds. The highest BCUT2D eigenvalue weighted by molar-refractivity contribution is 4.41. The number of likely N-dealkylation sites (N-methyl/N-ethyl adjacent to an activating group) is 1. The minimum Gasteiger partial charge on any atom is -0.378 e. The van der Waals surface area contributed by atoms with E-state index in [2.05, 4.69) is 4.90 Å². The summed E-state index contributed by atoms with van der Waals surface area (Å²) in [5.74, 6) is 0. The molecule has 0 atom stereocenters. The average molecular weight is 573 g/mol. The van der Waals surface area contributed by atoms with E-state index in [-0.39, 0.29) is 0 Å². The van der Waals surface area contributed by atoms with E-state index < -0.39 is 0 Å². The minimum absolute atomic E-state index is 0.519. The molecule has 13 nitrogen and oxygen atoms in total. The van der Waals surface area contributed by atoms with Crippen molar-refractivity contribution in [1.82, 2.24) is 4.90 Å². The molecule has 13 heteroatoms. The second-order valence-electron chi connectivity index (χ2n) is 8.33. The summed E-state index contributed by atoms with van der Waals surface area (Å²) < 4.78 is 59.6. The van der Waals surface area contributed by atoms with Gasteiger partial charge in [0.25, 0.3) is 0 Å². The molecule has 0 rings (SSSR count). The molecule has 0 aliphatic rings. The van der Waals surface area contributed by atoms with Crippen LogP contribution >= 0.6 is 0 Å². The van der Waals surface area contributed by atoms with Crippen molar-refractivity contribution in [2.75, 3.05) is 173 Å². The molecule has 0 aromatic rings. The van der Waals surface area contributed by atoms with Crippen molar-refractivity contribution in [1.29, 1.82) is 0 Å². The molecule has 0 aromatic heterocycles. The second-order valence-corrected chi connectivity index (χ2v) is 8.33. The molecule has 0 aliphatic carbocycles. The van der Waals surface area contributed by atoms with Crippen LogP contribution in [0.25, 0.3) is 0 Å². The number of hydrogen-bond donors (Lipinski definition) is 1. The number of nitrogens with zero attached hydrogens (tertiary/aromatic N) is 1. The minimum atomic E-state index is 0.519. The summed E-state index contributed by atoms with van der Waals surface area (Å²) in [6.07, 6.45) is 0. The summed E-state index contributed by atoms with van der Waals surface area (Å²) in [6.45, 7) is 13.5. The molecule has 0 aromatic carbocycles. The van der Waals surface area contributed by atoms with Crippen LogP contribution in [0.15, 0.2) is 0 Å². The van der Waals surface area contributed by atoms with E-state index in [1.807, 2.05) is 14.1 Å². The van der Waals surface area contributed by atoms with Crippen LogP contribution in [0.5, 0.6) is 0 Å². The molecule has 0 fully saturated rings. The first kappa shape index (κ1) is 38.5. The quantitative estimate of drug-likeness (QED) is 0.0997. The van der Waals surface area contributed by atoms with Crippen molar-refractivity contribution in [3.8, 4) is 0 Å². The maximum atomic E-state index is 5.46. The van der Waals surface area contributed by atoms with E-state index in [4.69, 9.17) is 57.8 Å². The standard InChI is InChI=1S/C26H56N2O11/c1-28(2)4-6-30-8-10-32-12-14-34-16-18-36-20-22-38-24-26-39-25-23-37-21-19-35-17-15-33-13-11-31-9-7-29-5-3-27/h3-27H2,1-2H3. The first-order chi connectivity index (χ1) is 19.3. The summed E-state index contributed by atoms with van der Waals surface area (Å²) in [6, 6.07) is 0. The molecule has 0 saturated heterocycles. The Morgan fingerprint density at radius 3 is 0.667 bits per heavy atom. The Balaban J connectivity index is 3.02. The van der Waals surface area contributed by atoms with Crippen LogP contribution in [0.1, 0.15) is 0 Å². The topological polar surface area (TPSA) is 131 Å². The van der Waals surface area contributed by atoms with Gasteiger partial charge in [0.2, 0.25) is 0 Å². The van der Waals surface area contributed by atoms with Crippen LogP contribution in [-0.2, 0) is 52.1 Å². The molecule has 0 aliphatic heterocycles. The SMILES string of the molecule is CN(C)CCOCCOCCOCCOCCOCCOCCOCCOCCOCCOCCOCCN. The van der Waals surface area contributed by atoms with Crippen LogP contribution in [0.2, 0.25) is 0 Å². The number of nitrogens with two attached hydrogens (primary N) is 1. The Kier molecular flexibility index (Phi) is 35.0. The predicted octanol–water partition coefficient (Wildman–Crippen LogP) is -0.311. The van der Waals surface area contributed by atoms with Crippen molar-refractivity contribution < 1.29 is 52.1 Å². The monoisotopic (exact) mass is 572 g/mol. The van der Waals surface area contributed by atoms with Crippen LogP contribution < -0.4 is 5.73 Å². The van der Waals surface area contributed by atoms with Crippen LogP contribution in [0.3, 0.4) is 0 Å². The van der Waals surface area contributed by atoms with Gasteiger partial charge in [-0.1, -0.05) is 0 Å². The van der Waals surface area contributed by atoms with E-state index >= 15 is 0 Å². The van der Waals surface area contributed by atoms with Gasteiger partial charge in [-0.05, 0) is 14.1 Å². The van der Waals surface area contributed by atoms with Gasteiger partial charge in [0, 0.05) is 13.1 Å². The summed E-state index contributed by atoms with van der Waals surface area (Å²) in [5, 5.41) is 0. The maximum absolute atomic E-state index is 5.46. The van der Waals surface area contributed by atoms with E-state index in [0.717, 1.165) is 13.2 Å². The fourth-order valence-corrected chi connectivity index (χ4v) is 2.63. The number of hydrogen-bond acceptors (Lipinski definition) is 13. The normalized spacial score (nSPS) is 11.7. The van der Waals surface area contributed by atoms with Crippen molar-refractivity contribution in [2.24, 2.45) is 5.73 Å². The number of rotatable bonds is 35. The Morgan fingerprint density at radius 1 is 0.308 bits per heavy atom. The molecule has 236 valence electrons. The van der Waals surface area contributed by atoms with Gasteiger partial charge in [-0.25, -0.2) is 0 Å². The van der Waals surface area contributed by atoms with Gasteiger partial charge < -0.3 is 62.7 Å². The molecule has 0 radical (unpaired) electrons. The van der Waals surface area contributed by atoms with Crippen molar-refractivity contribution >= 4 is 0 Å². The van der Waals surface area contributed by atoms with Gasteiger partial charge in [-0.3, -0.25) is 0 Å². The third-order valence-corrected chi connectivity index (χ3v) is 4.67. The zero-order chi connectivity index (χ0) is 28.3. The third-order valence-electron chi connectivity index (χ3n) is 4.67. The van der Waals surface area contributed by atoms with Crippen LogP contribution in [0, 0.1) is 0 Å². The van der Waals surface area contributed by atoms with Gasteiger partial charge in [0.1, 0.15) is 0 Å². The lowest BCUT2D eigenvalue weighted by Gasteiger charge is -2.10. The highest BCUT2D eigenvalue weighted by Crippen LogP contribution is 1.87. The highest BCUT2D eigenvalue weighted by Gasteiger charge is 1.96. The van der Waals surface area contributed by atoms with E-state index in [1.165, 1.54) is 0 Å².